The van der Waals surface area contributed by atoms with Crippen LogP contribution in [-0.2, 0) is 14.5 Å². The highest BCUT2D eigenvalue weighted by molar-refractivity contribution is 9.10. The normalized spacial score (nSPS) is 17.5. The van der Waals surface area contributed by atoms with Gasteiger partial charge in [0.15, 0.2) is 0 Å². The van der Waals surface area contributed by atoms with Gasteiger partial charge in [-0.1, -0.05) is 15.9 Å². The average molecular weight is 390 g/mol. The van der Waals surface area contributed by atoms with Crippen LogP contribution in [0.2, 0.25) is 0 Å². The lowest BCUT2D eigenvalue weighted by Gasteiger charge is -2.18. The highest BCUT2D eigenvalue weighted by atomic mass is 79.9. The molecule has 0 heterocycles. The molecule has 1 unspecified atom stereocenters. The summed E-state index contributed by atoms with van der Waals surface area (Å²) in [6.45, 7) is 5.20. The van der Waals surface area contributed by atoms with E-state index in [2.05, 4.69) is 20.3 Å². The number of hydrogen-bond acceptors (Lipinski definition) is 4. The van der Waals surface area contributed by atoms with Crippen molar-refractivity contribution in [1.82, 2.24) is 0 Å². The molecule has 1 aliphatic carbocycles. The van der Waals surface area contributed by atoms with Crippen LogP contribution in [-0.4, -0.2) is 28.3 Å². The predicted molar refractivity (Wildman–Crippen MR) is 88.8 cm³/mol. The number of hydrogen-bond donors (Lipinski definition) is 0. The first-order valence-corrected chi connectivity index (χ1v) is 9.70. The lowest BCUT2D eigenvalue weighted by molar-refractivity contribution is 0.0607. The number of benzene rings is 1. The predicted octanol–water partition coefficient (Wildman–Crippen LogP) is 4.38. The van der Waals surface area contributed by atoms with Crippen molar-refractivity contribution in [1.29, 1.82) is 0 Å². The van der Waals surface area contributed by atoms with Crippen LogP contribution in [0.3, 0.4) is 0 Å². The third kappa shape index (κ3) is 4.98. The van der Waals surface area contributed by atoms with Crippen molar-refractivity contribution >= 4 is 31.8 Å². The summed E-state index contributed by atoms with van der Waals surface area (Å²) < 4.78 is 28.3. The molecule has 7 heteroatoms. The molecule has 1 fully saturated rings. The summed E-state index contributed by atoms with van der Waals surface area (Å²) in [7, 11) is -2.96. The summed E-state index contributed by atoms with van der Waals surface area (Å²) in [6.07, 6.45) is 2.72. The van der Waals surface area contributed by atoms with Crippen LogP contribution in [0.1, 0.15) is 33.6 Å². The molecule has 2 rings (SSSR count). The third-order valence-corrected chi connectivity index (χ3v) is 4.90. The molecule has 1 aliphatic rings. The molecule has 0 aromatic heterocycles. The van der Waals surface area contributed by atoms with E-state index < -0.39 is 21.4 Å². The van der Waals surface area contributed by atoms with Gasteiger partial charge in [0.1, 0.15) is 11.4 Å². The molecule has 0 radical (unpaired) electrons. The average Bonchev–Trinajstić information content (AvgIpc) is 3.12. The molecule has 0 saturated heterocycles. The van der Waals surface area contributed by atoms with Gasteiger partial charge in [0, 0.05) is 10.7 Å². The first-order valence-electron chi connectivity index (χ1n) is 6.98. The zero-order chi connectivity index (χ0) is 16.5. The Kier molecular flexibility index (Phi) is 4.87. The summed E-state index contributed by atoms with van der Waals surface area (Å²) in [5, 5.41) is 0. The Morgan fingerprint density at radius 2 is 2.00 bits per heavy atom. The topological polar surface area (TPSA) is 65.0 Å². The molecule has 1 aromatic rings. The minimum absolute atomic E-state index is 0.164. The molecule has 122 valence electrons. The van der Waals surface area contributed by atoms with Crippen molar-refractivity contribution in [3.05, 3.63) is 22.7 Å². The Balaban J connectivity index is 2.37. The Hall–Kier alpha value is -1.08. The standard InChI is InChI=1S/C15H20BrNO4S/c1-15(2,3)21-14(18)17-22(4,19)13-9-10(16)5-8-12(13)20-11-6-7-11/h5,8-9,11H,6-7H2,1-4H3. The van der Waals surface area contributed by atoms with Crippen molar-refractivity contribution < 1.29 is 18.5 Å². The van der Waals surface area contributed by atoms with Gasteiger partial charge >= 0.3 is 6.09 Å². The Morgan fingerprint density at radius 3 is 2.55 bits per heavy atom. The fraction of sp³-hybridized carbons (Fsp3) is 0.533. The van der Waals surface area contributed by atoms with Crippen molar-refractivity contribution in [3.8, 4) is 5.75 Å². The fourth-order valence-corrected chi connectivity index (χ4v) is 3.48. The van der Waals surface area contributed by atoms with Gasteiger partial charge in [-0.2, -0.15) is 0 Å². The number of rotatable bonds is 3. The van der Waals surface area contributed by atoms with E-state index >= 15 is 0 Å². The van der Waals surface area contributed by atoms with Crippen molar-refractivity contribution in [2.75, 3.05) is 6.26 Å². The van der Waals surface area contributed by atoms with Crippen molar-refractivity contribution in [2.24, 2.45) is 4.36 Å². The second kappa shape index (κ2) is 6.20. The first kappa shape index (κ1) is 17.3. The number of amides is 1. The van der Waals surface area contributed by atoms with Gasteiger partial charge in [-0.15, -0.1) is 4.36 Å². The lowest BCUT2D eigenvalue weighted by atomic mass is 10.2. The van der Waals surface area contributed by atoms with Crippen LogP contribution in [0.15, 0.2) is 31.9 Å². The van der Waals surface area contributed by atoms with Crippen molar-refractivity contribution in [3.63, 3.8) is 0 Å². The minimum Gasteiger partial charge on any atom is -0.489 e. The Labute approximate surface area is 139 Å². The van der Waals surface area contributed by atoms with Gasteiger partial charge in [0.2, 0.25) is 0 Å². The summed E-state index contributed by atoms with van der Waals surface area (Å²) in [5.41, 5.74) is -0.680. The van der Waals surface area contributed by atoms with E-state index in [-0.39, 0.29) is 6.10 Å². The number of nitrogens with zero attached hydrogens (tertiary/aromatic N) is 1. The summed E-state index contributed by atoms with van der Waals surface area (Å²) in [6, 6.07) is 5.23. The molecule has 0 bridgehead atoms. The van der Waals surface area contributed by atoms with Gasteiger partial charge in [-0.05, 0) is 51.8 Å². The maximum Gasteiger partial charge on any atom is 0.442 e. The number of carbonyl (C=O) groups is 1. The van der Waals surface area contributed by atoms with Crippen molar-refractivity contribution in [2.45, 2.75) is 50.2 Å². The molecular formula is C15H20BrNO4S. The monoisotopic (exact) mass is 389 g/mol. The van der Waals surface area contributed by atoms with E-state index in [1.807, 2.05) is 6.07 Å². The first-order chi connectivity index (χ1) is 10.1. The molecule has 1 amide bonds. The summed E-state index contributed by atoms with van der Waals surface area (Å²) in [4.78, 5) is 12.3. The lowest BCUT2D eigenvalue weighted by Crippen LogP contribution is -2.22. The molecule has 5 nitrogen and oxygen atoms in total. The van der Waals surface area contributed by atoms with Crippen LogP contribution in [0, 0.1) is 0 Å². The highest BCUT2D eigenvalue weighted by Gasteiger charge is 2.27. The van der Waals surface area contributed by atoms with Gasteiger partial charge < -0.3 is 9.47 Å². The number of ether oxygens (including phenoxy) is 2. The smallest absolute Gasteiger partial charge is 0.442 e. The summed E-state index contributed by atoms with van der Waals surface area (Å²) >= 11 is 3.35. The molecule has 22 heavy (non-hydrogen) atoms. The zero-order valence-electron chi connectivity index (χ0n) is 13.1. The second-order valence-electron chi connectivity index (χ2n) is 6.28. The summed E-state index contributed by atoms with van der Waals surface area (Å²) in [5.74, 6) is 0.505. The largest absolute Gasteiger partial charge is 0.489 e. The van der Waals surface area contributed by atoms with Crippen LogP contribution < -0.4 is 4.74 Å². The van der Waals surface area contributed by atoms with Gasteiger partial charge in [-0.3, -0.25) is 0 Å². The molecule has 1 atom stereocenters. The molecule has 0 aliphatic heterocycles. The van der Waals surface area contributed by atoms with Gasteiger partial charge in [-0.25, -0.2) is 9.00 Å². The van der Waals surface area contributed by atoms with Crippen LogP contribution in [0.5, 0.6) is 5.75 Å². The zero-order valence-corrected chi connectivity index (χ0v) is 15.5. The van der Waals surface area contributed by atoms with E-state index in [1.165, 1.54) is 6.26 Å². The highest BCUT2D eigenvalue weighted by Crippen LogP contribution is 2.34. The van der Waals surface area contributed by atoms with Crippen LogP contribution in [0.4, 0.5) is 4.79 Å². The van der Waals surface area contributed by atoms with Gasteiger partial charge in [0.25, 0.3) is 0 Å². The maximum atomic E-state index is 12.9. The third-order valence-electron chi connectivity index (χ3n) is 2.77. The molecule has 1 aromatic carbocycles. The van der Waals surface area contributed by atoms with E-state index in [0.29, 0.717) is 10.6 Å². The van der Waals surface area contributed by atoms with Gasteiger partial charge in [0.05, 0.1) is 20.7 Å². The van der Waals surface area contributed by atoms with E-state index in [4.69, 9.17) is 9.47 Å². The molecule has 0 N–H and O–H groups in total. The molecule has 0 spiro atoms. The maximum absolute atomic E-state index is 12.9. The number of carbonyl (C=O) groups excluding carboxylic acids is 1. The number of halogens is 1. The second-order valence-corrected chi connectivity index (χ2v) is 9.43. The minimum atomic E-state index is -2.96. The van der Waals surface area contributed by atoms with Crippen LogP contribution >= 0.6 is 15.9 Å². The van der Waals surface area contributed by atoms with Crippen LogP contribution in [0.25, 0.3) is 0 Å². The Bertz CT molecular complexity index is 698. The van der Waals surface area contributed by atoms with E-state index in [0.717, 1.165) is 17.3 Å². The fourth-order valence-electron chi connectivity index (χ4n) is 1.71. The SMILES string of the molecule is CC(C)(C)OC(=O)N=S(C)(=O)c1cc(Br)ccc1OC1CC1. The Morgan fingerprint density at radius 1 is 1.36 bits per heavy atom. The quantitative estimate of drug-likeness (QED) is 0.768. The van der Waals surface area contributed by atoms with E-state index in [9.17, 15) is 9.00 Å². The van der Waals surface area contributed by atoms with E-state index in [1.54, 1.807) is 32.9 Å². The molecular weight excluding hydrogens is 370 g/mol. The molecule has 1 saturated carbocycles.